The molecule has 750 valence electrons. The van der Waals surface area contributed by atoms with Crippen LogP contribution in [0.4, 0.5) is 0 Å². The summed E-state index contributed by atoms with van der Waals surface area (Å²) in [6.07, 6.45) is 8.87. The van der Waals surface area contributed by atoms with Gasteiger partial charge in [0.15, 0.2) is 46.0 Å². The number of rotatable bonds is 22. The molecule has 28 nitrogen and oxygen atoms in total. The molecular formula is C112H139N5O23. The highest BCUT2D eigenvalue weighted by molar-refractivity contribution is 5.65. The first kappa shape index (κ1) is 101. The van der Waals surface area contributed by atoms with Crippen molar-refractivity contribution in [3.05, 3.63) is 237 Å². The van der Waals surface area contributed by atoms with Gasteiger partial charge in [-0.1, -0.05) is 12.1 Å². The zero-order valence-corrected chi connectivity index (χ0v) is 85.3. The molecule has 28 heteroatoms. The van der Waals surface area contributed by atoms with E-state index in [0.29, 0.717) is 70.5 Å². The zero-order chi connectivity index (χ0) is 99.7. The molecule has 10 aliphatic heterocycles. The number of hydrogen-bond donors (Lipinski definition) is 5. The molecular weight excluding hydrogens is 1780 g/mol. The van der Waals surface area contributed by atoms with E-state index in [2.05, 4.69) is 114 Å². The van der Waals surface area contributed by atoms with Crippen LogP contribution in [0.15, 0.2) is 103 Å². The summed E-state index contributed by atoms with van der Waals surface area (Å²) in [6.45, 7) is 15.1. The number of aliphatic hydroxyl groups excluding tert-OH is 4. The number of nitrogens with zero attached hydrogens (tertiary/aromatic N) is 5. The minimum Gasteiger partial charge on any atom is -0.504 e. The number of methoxy groups -OCH3 is 18. The monoisotopic (exact) mass is 1920 g/mol. The summed E-state index contributed by atoms with van der Waals surface area (Å²) < 4.78 is 100. The topological polar surface area (TPSA) is 283 Å². The third-order valence-electron chi connectivity index (χ3n) is 31.1. The predicted octanol–water partition coefficient (Wildman–Crippen LogP) is 16.5. The Balaban J connectivity index is 0.000000126. The summed E-state index contributed by atoms with van der Waals surface area (Å²) in [5.74, 6) is 13.7. The smallest absolute Gasteiger partial charge is 0.203 e. The van der Waals surface area contributed by atoms with Gasteiger partial charge in [-0.05, 0) is 249 Å². The van der Waals surface area contributed by atoms with Crippen molar-refractivity contribution in [3.8, 4) is 109 Å². The van der Waals surface area contributed by atoms with Gasteiger partial charge < -0.3 is 111 Å². The number of benzene rings is 10. The van der Waals surface area contributed by atoms with Crippen molar-refractivity contribution >= 4 is 0 Å². The summed E-state index contributed by atoms with van der Waals surface area (Å²) in [5, 5.41) is 50.6. The van der Waals surface area contributed by atoms with Gasteiger partial charge >= 0.3 is 0 Å². The molecule has 0 aromatic heterocycles. The maximum atomic E-state index is 10.4. The second-order valence-corrected chi connectivity index (χ2v) is 37.7. The standard InChI is InChI=1S/2C23H29NO5.C22H27NO5.2C22H27NO4/c2*1-13-6-14-7-22(28-4)23(29-5)9-15(14)19-8-16-17(11-24(13)19)20(26-2)10-21(27-3)18(16)12-25;1-12-6-13-8-19(25-2)18(24)10-15(13)17-7-14-9-20(26-3)22(28-5)21(27-4)16(14)11-23(12)17;2*1-13-7-14-8-15(25-2)5-6-16(14)20-9-17-18(11-23(13)20)21(26-3)10-22(27-4)19(17)12-24/h2*7,9-10,13,19,25H,6,8,11-12H2,1-5H3;8-10,12,17,24H,6-7,11H2,1-5H3;2*5-6,8,10,13,20,24H,7,9,11-12H2,1-4H3/t13-,19+;13-,19-;12-,17+;13-,20+;13-,20-/m10110/s1. The van der Waals surface area contributed by atoms with Crippen LogP contribution >= 0.6 is 0 Å². The van der Waals surface area contributed by atoms with E-state index in [-0.39, 0.29) is 62.4 Å². The van der Waals surface area contributed by atoms with Crippen molar-refractivity contribution in [2.24, 2.45) is 0 Å². The quantitative estimate of drug-likeness (QED) is 0.0421. The maximum absolute atomic E-state index is 10.4. The summed E-state index contributed by atoms with van der Waals surface area (Å²) in [5.41, 5.74) is 27.9. The van der Waals surface area contributed by atoms with Crippen molar-refractivity contribution in [3.63, 3.8) is 0 Å². The van der Waals surface area contributed by atoms with Gasteiger partial charge in [-0.25, -0.2) is 0 Å². The zero-order valence-electron chi connectivity index (χ0n) is 85.3. The molecule has 10 heterocycles. The van der Waals surface area contributed by atoms with Crippen LogP contribution in [0.5, 0.6) is 109 Å². The highest BCUT2D eigenvalue weighted by Crippen LogP contribution is 2.56. The molecule has 10 aromatic rings. The van der Waals surface area contributed by atoms with E-state index < -0.39 is 0 Å². The number of phenols is 1. The van der Waals surface area contributed by atoms with Crippen molar-refractivity contribution in [2.75, 3.05) is 128 Å². The Morgan fingerprint density at radius 1 is 0.214 bits per heavy atom. The van der Waals surface area contributed by atoms with E-state index in [1.807, 2.05) is 48.5 Å². The molecule has 0 aliphatic carbocycles. The highest BCUT2D eigenvalue weighted by atomic mass is 16.5. The highest BCUT2D eigenvalue weighted by Gasteiger charge is 2.46. The average molecular weight is 1920 g/mol. The van der Waals surface area contributed by atoms with Gasteiger partial charge in [0.05, 0.1) is 154 Å². The Morgan fingerprint density at radius 2 is 0.464 bits per heavy atom. The van der Waals surface area contributed by atoms with Crippen LogP contribution in [-0.4, -0.2) is 208 Å². The molecule has 0 bridgehead atoms. The van der Waals surface area contributed by atoms with Crippen molar-refractivity contribution in [1.82, 2.24) is 24.5 Å². The first-order valence-corrected chi connectivity index (χ1v) is 48.1. The molecule has 0 unspecified atom stereocenters. The minimum absolute atomic E-state index is 0.0345. The van der Waals surface area contributed by atoms with E-state index in [4.69, 9.17) is 85.3 Å². The molecule has 10 aliphatic rings. The fraction of sp³-hybridized carbons (Fsp3) is 0.464. The van der Waals surface area contributed by atoms with Crippen molar-refractivity contribution in [2.45, 2.75) is 218 Å². The third-order valence-corrected chi connectivity index (χ3v) is 31.1. The lowest BCUT2D eigenvalue weighted by atomic mass is 9.79. The van der Waals surface area contributed by atoms with Gasteiger partial charge in [-0.2, -0.15) is 0 Å². The largest absolute Gasteiger partial charge is 0.504 e. The van der Waals surface area contributed by atoms with Crippen LogP contribution in [0.25, 0.3) is 0 Å². The molecule has 10 aromatic carbocycles. The molecule has 140 heavy (non-hydrogen) atoms. The summed E-state index contributed by atoms with van der Waals surface area (Å²) >= 11 is 0. The summed E-state index contributed by atoms with van der Waals surface area (Å²) in [4.78, 5) is 12.6. The fourth-order valence-electron chi connectivity index (χ4n) is 24.1. The Labute approximate surface area is 823 Å². The van der Waals surface area contributed by atoms with Gasteiger partial charge in [-0.3, -0.25) is 24.5 Å². The van der Waals surface area contributed by atoms with E-state index in [1.54, 1.807) is 128 Å². The number of fused-ring (bicyclic) bond motifs is 20. The minimum atomic E-state index is -0.0590. The molecule has 0 spiro atoms. The number of hydrogen-bond acceptors (Lipinski definition) is 28. The number of aliphatic hydroxyl groups is 4. The molecule has 0 saturated carbocycles. The molecule has 0 fully saturated rings. The second-order valence-electron chi connectivity index (χ2n) is 37.7. The Bertz CT molecular complexity index is 5910. The molecule has 5 N–H and O–H groups in total. The lowest BCUT2D eigenvalue weighted by Crippen LogP contribution is -2.45. The fourth-order valence-corrected chi connectivity index (χ4v) is 24.1. The van der Waals surface area contributed by atoms with Gasteiger partial charge in [0.2, 0.25) is 5.75 Å². The van der Waals surface area contributed by atoms with Gasteiger partial charge in [-0.15, -0.1) is 0 Å². The number of ether oxygens (including phenoxy) is 18. The SMILES string of the molecule is COc1cc2c(cc1O)[C@@H]1Cc3cc(OC)c(OC)c(OC)c3CN1[C@H](C)C2.COc1cc2c(cc1OC)[C@@H]1Cc3c(CO)c(OC)cc(OC)c3CN1[C@@H](C)C2.COc1cc2c(cc1OC)[C@@H]1Cc3c(CO)c(OC)cc(OC)c3CN1[C@H](C)C2.COc1ccc2c(c1)C[C@@H](C)N1Cc3c(OC)cc(OC)c(CO)c3C[C@@H]21.COc1ccc2c(c1)C[C@H](C)N1Cc3c(OC)cc(OC)c(CO)c3C[C@@H]21. The lowest BCUT2D eigenvalue weighted by Gasteiger charge is -2.46. The number of aromatic hydroxyl groups is 1. The second kappa shape index (κ2) is 43.2. The van der Waals surface area contributed by atoms with Gasteiger partial charge in [0.1, 0.15) is 57.5 Å². The van der Waals surface area contributed by atoms with Gasteiger partial charge in [0.25, 0.3) is 0 Å². The first-order chi connectivity index (χ1) is 67.8. The van der Waals surface area contributed by atoms with Gasteiger partial charge in [0, 0.05) is 167 Å². The Hall–Kier alpha value is -12.0. The van der Waals surface area contributed by atoms with Crippen LogP contribution in [0, 0.1) is 0 Å². The molecule has 0 amide bonds. The third kappa shape index (κ3) is 18.5. The molecule has 0 radical (unpaired) electrons. The summed E-state index contributed by atoms with van der Waals surface area (Å²) in [7, 11) is 29.9. The van der Waals surface area contributed by atoms with Crippen LogP contribution in [-0.2, 0) is 123 Å². The molecule has 0 saturated heterocycles. The van der Waals surface area contributed by atoms with E-state index in [1.165, 1.54) is 66.8 Å². The molecule has 10 atom stereocenters. The maximum Gasteiger partial charge on any atom is 0.203 e. The van der Waals surface area contributed by atoms with Crippen LogP contribution < -0.4 is 85.3 Å². The first-order valence-electron chi connectivity index (χ1n) is 48.1. The summed E-state index contributed by atoms with van der Waals surface area (Å²) in [6, 6.07) is 37.8. The van der Waals surface area contributed by atoms with Crippen LogP contribution in [0.2, 0.25) is 0 Å². The Morgan fingerprint density at radius 3 is 0.743 bits per heavy atom. The van der Waals surface area contributed by atoms with Crippen molar-refractivity contribution < 1.29 is 111 Å². The lowest BCUT2D eigenvalue weighted by molar-refractivity contribution is 0.103. The number of phenolic OH excluding ortho intramolecular Hbond substituents is 1. The van der Waals surface area contributed by atoms with E-state index in [0.717, 1.165) is 227 Å². The van der Waals surface area contributed by atoms with E-state index >= 15 is 0 Å². The van der Waals surface area contributed by atoms with Crippen LogP contribution in [0.1, 0.15) is 198 Å². The normalized spacial score (nSPS) is 20.7. The Kier molecular flexibility index (Phi) is 31.2. The predicted molar refractivity (Wildman–Crippen MR) is 533 cm³/mol. The van der Waals surface area contributed by atoms with Crippen LogP contribution in [0.3, 0.4) is 0 Å². The average Bonchev–Trinajstić information content (AvgIpc) is 0.756. The van der Waals surface area contributed by atoms with E-state index in [9.17, 15) is 25.5 Å². The van der Waals surface area contributed by atoms with Crippen molar-refractivity contribution in [1.29, 1.82) is 0 Å². The molecule has 20 rings (SSSR count).